The lowest BCUT2D eigenvalue weighted by molar-refractivity contribution is -0.144. The maximum Gasteiger partial charge on any atom is 0.327 e. The standard InChI is InChI=1S/C23H32F2N4O2/c1-2-3-4-5-6-7-8-9-10-11-15-31-22(30)18-29-17-19(16-26-29)27-28-23-20(24)13-12-14-21(23)25/h12-14,16-17H,2-11,15,18H2,1H3. The summed E-state index contributed by atoms with van der Waals surface area (Å²) >= 11 is 0. The Morgan fingerprint density at radius 3 is 2.23 bits per heavy atom. The van der Waals surface area contributed by atoms with Crippen LogP contribution in [0.4, 0.5) is 20.2 Å². The van der Waals surface area contributed by atoms with Crippen molar-refractivity contribution in [3.63, 3.8) is 0 Å². The van der Waals surface area contributed by atoms with Crippen molar-refractivity contribution in [1.29, 1.82) is 0 Å². The van der Waals surface area contributed by atoms with Gasteiger partial charge in [-0.05, 0) is 18.6 Å². The van der Waals surface area contributed by atoms with Gasteiger partial charge < -0.3 is 4.74 Å². The van der Waals surface area contributed by atoms with Crippen LogP contribution in [-0.2, 0) is 16.1 Å². The minimum Gasteiger partial charge on any atom is -0.464 e. The van der Waals surface area contributed by atoms with Gasteiger partial charge in [-0.25, -0.2) is 8.78 Å². The second-order valence-corrected chi connectivity index (χ2v) is 7.57. The molecule has 0 saturated carbocycles. The third-order valence-electron chi connectivity index (χ3n) is 4.87. The van der Waals surface area contributed by atoms with Gasteiger partial charge in [-0.15, -0.1) is 10.2 Å². The van der Waals surface area contributed by atoms with Crippen molar-refractivity contribution in [1.82, 2.24) is 9.78 Å². The van der Waals surface area contributed by atoms with Gasteiger partial charge in [0.1, 0.15) is 12.2 Å². The number of azo groups is 1. The number of benzene rings is 1. The maximum atomic E-state index is 13.5. The number of hydrogen-bond donors (Lipinski definition) is 0. The number of rotatable bonds is 15. The van der Waals surface area contributed by atoms with Crippen LogP contribution in [0.1, 0.15) is 71.1 Å². The quantitative estimate of drug-likeness (QED) is 0.171. The molecular weight excluding hydrogens is 402 g/mol. The van der Waals surface area contributed by atoms with E-state index in [0.717, 1.165) is 25.0 Å². The number of carbonyl (C=O) groups is 1. The summed E-state index contributed by atoms with van der Waals surface area (Å²) in [4.78, 5) is 11.9. The number of aromatic nitrogens is 2. The van der Waals surface area contributed by atoms with E-state index < -0.39 is 17.3 Å². The van der Waals surface area contributed by atoms with Crippen LogP contribution in [0, 0.1) is 11.6 Å². The molecule has 0 spiro atoms. The van der Waals surface area contributed by atoms with Crippen molar-refractivity contribution in [3.8, 4) is 0 Å². The van der Waals surface area contributed by atoms with Crippen LogP contribution in [0.3, 0.4) is 0 Å². The largest absolute Gasteiger partial charge is 0.464 e. The van der Waals surface area contributed by atoms with E-state index in [-0.39, 0.29) is 18.2 Å². The van der Waals surface area contributed by atoms with E-state index in [1.165, 1.54) is 74.5 Å². The number of esters is 1. The Hall–Kier alpha value is -2.64. The molecule has 8 heteroatoms. The molecule has 0 atom stereocenters. The molecule has 6 nitrogen and oxygen atoms in total. The first-order valence-electron chi connectivity index (χ1n) is 11.1. The summed E-state index contributed by atoms with van der Waals surface area (Å²) in [5.74, 6) is -1.99. The summed E-state index contributed by atoms with van der Waals surface area (Å²) in [7, 11) is 0. The summed E-state index contributed by atoms with van der Waals surface area (Å²) in [6.45, 7) is 2.57. The Morgan fingerprint density at radius 2 is 1.58 bits per heavy atom. The highest BCUT2D eigenvalue weighted by atomic mass is 19.1. The number of unbranched alkanes of at least 4 members (excludes halogenated alkanes) is 9. The van der Waals surface area contributed by atoms with E-state index >= 15 is 0 Å². The second-order valence-electron chi connectivity index (χ2n) is 7.57. The molecule has 0 aliphatic heterocycles. The van der Waals surface area contributed by atoms with Crippen molar-refractivity contribution in [2.24, 2.45) is 10.2 Å². The molecule has 0 fully saturated rings. The number of halogens is 2. The fraction of sp³-hybridized carbons (Fsp3) is 0.565. The maximum absolute atomic E-state index is 13.5. The normalized spacial score (nSPS) is 11.3. The Labute approximate surface area is 182 Å². The smallest absolute Gasteiger partial charge is 0.327 e. The third-order valence-corrected chi connectivity index (χ3v) is 4.87. The van der Waals surface area contributed by atoms with E-state index in [1.807, 2.05) is 0 Å². The highest BCUT2D eigenvalue weighted by Gasteiger charge is 2.08. The van der Waals surface area contributed by atoms with E-state index in [1.54, 1.807) is 0 Å². The van der Waals surface area contributed by atoms with Gasteiger partial charge in [0, 0.05) is 0 Å². The summed E-state index contributed by atoms with van der Waals surface area (Å²) in [6.07, 6.45) is 15.0. The van der Waals surface area contributed by atoms with Crippen molar-refractivity contribution < 1.29 is 18.3 Å². The van der Waals surface area contributed by atoms with Crippen molar-refractivity contribution in [2.45, 2.75) is 77.7 Å². The topological polar surface area (TPSA) is 68.8 Å². The summed E-state index contributed by atoms with van der Waals surface area (Å²) < 4.78 is 33.7. The lowest BCUT2D eigenvalue weighted by atomic mass is 10.1. The van der Waals surface area contributed by atoms with E-state index in [0.29, 0.717) is 6.61 Å². The highest BCUT2D eigenvalue weighted by Crippen LogP contribution is 2.24. The molecule has 0 N–H and O–H groups in total. The molecule has 1 heterocycles. The molecule has 2 rings (SSSR count). The Kier molecular flexibility index (Phi) is 11.4. The fourth-order valence-corrected chi connectivity index (χ4v) is 3.14. The first kappa shape index (κ1) is 24.6. The Bertz CT molecular complexity index is 803. The van der Waals surface area contributed by atoms with E-state index in [2.05, 4.69) is 22.3 Å². The van der Waals surface area contributed by atoms with Crippen LogP contribution in [0.2, 0.25) is 0 Å². The fourth-order valence-electron chi connectivity index (χ4n) is 3.14. The van der Waals surface area contributed by atoms with Crippen molar-refractivity contribution in [3.05, 3.63) is 42.2 Å². The molecular formula is C23H32F2N4O2. The molecule has 0 unspecified atom stereocenters. The average Bonchev–Trinajstić information content (AvgIpc) is 3.18. The molecule has 0 radical (unpaired) electrons. The zero-order valence-corrected chi connectivity index (χ0v) is 18.2. The van der Waals surface area contributed by atoms with Gasteiger partial charge >= 0.3 is 5.97 Å². The molecule has 170 valence electrons. The summed E-state index contributed by atoms with van der Waals surface area (Å²) in [6, 6.07) is 3.46. The summed E-state index contributed by atoms with van der Waals surface area (Å²) in [5, 5.41) is 11.3. The molecule has 31 heavy (non-hydrogen) atoms. The van der Waals surface area contributed by atoms with Crippen LogP contribution < -0.4 is 0 Å². The highest BCUT2D eigenvalue weighted by molar-refractivity contribution is 5.69. The van der Waals surface area contributed by atoms with E-state index in [9.17, 15) is 13.6 Å². The average molecular weight is 435 g/mol. The minimum atomic E-state index is -0.799. The molecule has 1 aromatic carbocycles. The second kappa shape index (κ2) is 14.4. The Morgan fingerprint density at radius 1 is 0.968 bits per heavy atom. The van der Waals surface area contributed by atoms with E-state index in [4.69, 9.17) is 4.74 Å². The van der Waals surface area contributed by atoms with Gasteiger partial charge in [0.25, 0.3) is 0 Å². The number of hydrogen-bond acceptors (Lipinski definition) is 5. The molecule has 2 aromatic rings. The van der Waals surface area contributed by atoms with Crippen LogP contribution in [-0.4, -0.2) is 22.4 Å². The number of nitrogens with zero attached hydrogens (tertiary/aromatic N) is 4. The SMILES string of the molecule is CCCCCCCCCCCCOC(=O)Cn1cc(N=Nc2c(F)cccc2F)cn1. The number of ether oxygens (including phenoxy) is 1. The van der Waals surface area contributed by atoms with Crippen LogP contribution in [0.5, 0.6) is 0 Å². The molecule has 0 saturated heterocycles. The van der Waals surface area contributed by atoms with Crippen LogP contribution in [0.25, 0.3) is 0 Å². The lowest BCUT2D eigenvalue weighted by Crippen LogP contribution is -2.14. The molecule has 1 aromatic heterocycles. The van der Waals surface area contributed by atoms with Crippen LogP contribution in [0.15, 0.2) is 40.8 Å². The molecule has 0 aliphatic carbocycles. The predicted molar refractivity (Wildman–Crippen MR) is 116 cm³/mol. The van der Waals surface area contributed by atoms with Gasteiger partial charge in [-0.2, -0.15) is 5.10 Å². The Balaban J connectivity index is 1.59. The number of carbonyl (C=O) groups excluding carboxylic acids is 1. The van der Waals surface area contributed by atoms with Crippen molar-refractivity contribution in [2.75, 3.05) is 6.61 Å². The first-order valence-corrected chi connectivity index (χ1v) is 11.1. The molecule has 0 amide bonds. The molecule has 0 bridgehead atoms. The van der Waals surface area contributed by atoms with Gasteiger partial charge in [-0.3, -0.25) is 9.48 Å². The first-order chi connectivity index (χ1) is 15.1. The zero-order chi connectivity index (χ0) is 22.3. The van der Waals surface area contributed by atoms with Gasteiger partial charge in [0.2, 0.25) is 0 Å². The zero-order valence-electron chi connectivity index (χ0n) is 18.2. The minimum absolute atomic E-state index is 0.0542. The van der Waals surface area contributed by atoms with Gasteiger partial charge in [0.05, 0.1) is 19.0 Å². The lowest BCUT2D eigenvalue weighted by Gasteiger charge is -2.05. The van der Waals surface area contributed by atoms with Crippen molar-refractivity contribution >= 4 is 17.3 Å². The van der Waals surface area contributed by atoms with Gasteiger partial charge in [0.15, 0.2) is 17.3 Å². The van der Waals surface area contributed by atoms with Crippen LogP contribution >= 0.6 is 0 Å². The third kappa shape index (κ3) is 9.81. The predicted octanol–water partition coefficient (Wildman–Crippen LogP) is 7.04. The van der Waals surface area contributed by atoms with Gasteiger partial charge in [-0.1, -0.05) is 70.8 Å². The molecule has 0 aliphatic rings. The monoisotopic (exact) mass is 434 g/mol. The summed E-state index contributed by atoms with van der Waals surface area (Å²) in [5.41, 5.74) is -0.184.